The van der Waals surface area contributed by atoms with Gasteiger partial charge in [-0.05, 0) is 32.2 Å². The highest BCUT2D eigenvalue weighted by molar-refractivity contribution is 5.84. The van der Waals surface area contributed by atoms with E-state index in [1.807, 2.05) is 6.92 Å². The fourth-order valence-corrected chi connectivity index (χ4v) is 2.63. The molecule has 0 aliphatic heterocycles. The fraction of sp³-hybridized carbons (Fsp3) is 0.923. The van der Waals surface area contributed by atoms with Gasteiger partial charge in [0.05, 0.1) is 6.10 Å². The summed E-state index contributed by atoms with van der Waals surface area (Å²) >= 11 is 0. The molecule has 0 bridgehead atoms. The van der Waals surface area contributed by atoms with Crippen molar-refractivity contribution in [1.82, 2.24) is 5.32 Å². The number of carbonyl (C=O) groups excluding carboxylic acids is 1. The molecular weight excluding hydrogens is 232 g/mol. The maximum atomic E-state index is 11.7. The van der Waals surface area contributed by atoms with Crippen LogP contribution in [0.25, 0.3) is 0 Å². The third-order valence-electron chi connectivity index (χ3n) is 3.54. The van der Waals surface area contributed by atoms with Gasteiger partial charge in [-0.15, -0.1) is 0 Å². The minimum Gasteiger partial charge on any atom is -0.385 e. The molecule has 2 atom stereocenters. The van der Waals surface area contributed by atoms with Crippen molar-refractivity contribution in [3.63, 3.8) is 0 Å². The molecule has 1 aliphatic carbocycles. The van der Waals surface area contributed by atoms with Crippen molar-refractivity contribution in [1.29, 1.82) is 0 Å². The summed E-state index contributed by atoms with van der Waals surface area (Å²) in [6.45, 7) is 4.13. The first-order valence-electron chi connectivity index (χ1n) is 6.80. The van der Waals surface area contributed by atoms with Crippen molar-refractivity contribution in [2.45, 2.75) is 50.7 Å². The molecular formula is C13H26N2O3. The van der Waals surface area contributed by atoms with Crippen molar-refractivity contribution < 1.29 is 14.3 Å². The first-order valence-corrected chi connectivity index (χ1v) is 6.80. The quantitative estimate of drug-likeness (QED) is 0.632. The second kappa shape index (κ2) is 7.71. The van der Waals surface area contributed by atoms with Crippen molar-refractivity contribution in [3.05, 3.63) is 0 Å². The summed E-state index contributed by atoms with van der Waals surface area (Å²) in [5, 5.41) is 3.25. The molecule has 0 radical (unpaired) electrons. The van der Waals surface area contributed by atoms with Crippen LogP contribution in [0.15, 0.2) is 0 Å². The van der Waals surface area contributed by atoms with E-state index in [9.17, 15) is 4.79 Å². The van der Waals surface area contributed by atoms with Gasteiger partial charge in [0.2, 0.25) is 5.91 Å². The average molecular weight is 258 g/mol. The zero-order valence-corrected chi connectivity index (χ0v) is 11.5. The molecule has 1 saturated carbocycles. The number of nitrogens with two attached hydrogens (primary N) is 1. The highest BCUT2D eigenvalue weighted by atomic mass is 16.5. The van der Waals surface area contributed by atoms with Crippen LogP contribution in [-0.2, 0) is 14.3 Å². The normalized spacial score (nSPS) is 28.2. The van der Waals surface area contributed by atoms with Gasteiger partial charge < -0.3 is 20.5 Å². The number of hydrogen-bond donors (Lipinski definition) is 2. The van der Waals surface area contributed by atoms with E-state index in [-0.39, 0.29) is 12.0 Å². The molecule has 1 amide bonds. The van der Waals surface area contributed by atoms with Crippen LogP contribution in [0, 0.1) is 0 Å². The summed E-state index contributed by atoms with van der Waals surface area (Å²) in [6, 6.07) is 0. The van der Waals surface area contributed by atoms with Crippen molar-refractivity contribution in [3.8, 4) is 0 Å². The molecule has 0 aromatic rings. The lowest BCUT2D eigenvalue weighted by atomic mass is 9.79. The zero-order valence-electron chi connectivity index (χ0n) is 11.5. The first kappa shape index (κ1) is 15.4. The summed E-state index contributed by atoms with van der Waals surface area (Å²) in [4.78, 5) is 11.7. The Morgan fingerprint density at radius 2 is 2.28 bits per heavy atom. The van der Waals surface area contributed by atoms with Crippen LogP contribution >= 0.6 is 0 Å². The van der Waals surface area contributed by atoms with E-state index in [0.717, 1.165) is 32.2 Å². The Bertz CT molecular complexity index is 257. The Morgan fingerprint density at radius 1 is 1.50 bits per heavy atom. The van der Waals surface area contributed by atoms with Gasteiger partial charge in [0, 0.05) is 26.7 Å². The highest BCUT2D eigenvalue weighted by Crippen LogP contribution is 2.30. The van der Waals surface area contributed by atoms with E-state index in [1.165, 1.54) is 0 Å². The van der Waals surface area contributed by atoms with Crippen molar-refractivity contribution in [2.75, 3.05) is 26.9 Å². The van der Waals surface area contributed by atoms with Crippen molar-refractivity contribution in [2.24, 2.45) is 5.73 Å². The molecule has 3 N–H and O–H groups in total. The Morgan fingerprint density at radius 3 is 2.89 bits per heavy atom. The Labute approximate surface area is 109 Å². The van der Waals surface area contributed by atoms with Crippen LogP contribution in [0.5, 0.6) is 0 Å². The number of ether oxygens (including phenoxy) is 2. The Kier molecular flexibility index (Phi) is 6.60. The lowest BCUT2D eigenvalue weighted by Gasteiger charge is -2.39. The third kappa shape index (κ3) is 4.23. The molecule has 5 heteroatoms. The average Bonchev–Trinajstić information content (AvgIpc) is 2.35. The monoisotopic (exact) mass is 258 g/mol. The molecule has 0 heterocycles. The Hall–Kier alpha value is -0.650. The van der Waals surface area contributed by atoms with E-state index in [4.69, 9.17) is 15.2 Å². The molecule has 5 nitrogen and oxygen atoms in total. The first-order chi connectivity index (χ1) is 8.64. The molecule has 1 aliphatic rings. The molecule has 0 aromatic carbocycles. The molecule has 0 spiro atoms. The standard InChI is InChI=1S/C13H26N2O3/c1-3-15-13(12(14)16)7-4-6-11(10-13)18-9-5-8-17-2/h11,15H,3-10H2,1-2H3,(H2,14,16). The van der Waals surface area contributed by atoms with Crippen LogP contribution < -0.4 is 11.1 Å². The number of primary amides is 1. The van der Waals surface area contributed by atoms with Gasteiger partial charge in [-0.3, -0.25) is 4.79 Å². The van der Waals surface area contributed by atoms with E-state index < -0.39 is 5.54 Å². The number of methoxy groups -OCH3 is 1. The SMILES string of the molecule is CCNC1(C(N)=O)CCCC(OCCCOC)C1. The maximum Gasteiger partial charge on any atom is 0.237 e. The van der Waals surface area contributed by atoms with E-state index in [1.54, 1.807) is 7.11 Å². The smallest absolute Gasteiger partial charge is 0.237 e. The van der Waals surface area contributed by atoms with Crippen LogP contribution in [0.1, 0.15) is 39.0 Å². The van der Waals surface area contributed by atoms with Crippen LogP contribution in [0.3, 0.4) is 0 Å². The van der Waals surface area contributed by atoms with Gasteiger partial charge in [-0.1, -0.05) is 6.92 Å². The topological polar surface area (TPSA) is 73.6 Å². The summed E-state index contributed by atoms with van der Waals surface area (Å²) in [7, 11) is 1.68. The van der Waals surface area contributed by atoms with Gasteiger partial charge in [0.15, 0.2) is 0 Å². The second-order valence-electron chi connectivity index (χ2n) is 4.91. The van der Waals surface area contributed by atoms with E-state index in [0.29, 0.717) is 19.6 Å². The van der Waals surface area contributed by atoms with Crippen LogP contribution in [-0.4, -0.2) is 44.4 Å². The van der Waals surface area contributed by atoms with Gasteiger partial charge in [-0.25, -0.2) is 0 Å². The minimum absolute atomic E-state index is 0.127. The number of likely N-dealkylation sites (N-methyl/N-ethyl adjacent to an activating group) is 1. The molecule has 1 rings (SSSR count). The number of amides is 1. The van der Waals surface area contributed by atoms with E-state index >= 15 is 0 Å². The minimum atomic E-state index is -0.571. The predicted molar refractivity (Wildman–Crippen MR) is 70.3 cm³/mol. The largest absolute Gasteiger partial charge is 0.385 e. The molecule has 0 saturated heterocycles. The lowest BCUT2D eigenvalue weighted by Crippen LogP contribution is -2.58. The van der Waals surface area contributed by atoms with Gasteiger partial charge in [0.1, 0.15) is 5.54 Å². The van der Waals surface area contributed by atoms with Gasteiger partial charge in [-0.2, -0.15) is 0 Å². The molecule has 1 fully saturated rings. The summed E-state index contributed by atoms with van der Waals surface area (Å²) in [6.07, 6.45) is 4.50. The van der Waals surface area contributed by atoms with Gasteiger partial charge in [0.25, 0.3) is 0 Å². The predicted octanol–water partition coefficient (Wildman–Crippen LogP) is 0.816. The summed E-state index contributed by atoms with van der Waals surface area (Å²) < 4.78 is 10.8. The molecule has 0 aromatic heterocycles. The van der Waals surface area contributed by atoms with E-state index in [2.05, 4.69) is 5.32 Å². The summed E-state index contributed by atoms with van der Waals surface area (Å²) in [5.74, 6) is -0.255. The Balaban J connectivity index is 2.45. The molecule has 2 unspecified atom stereocenters. The summed E-state index contributed by atoms with van der Waals surface area (Å²) in [5.41, 5.74) is 4.98. The highest BCUT2D eigenvalue weighted by Gasteiger charge is 2.40. The number of rotatable bonds is 8. The number of carbonyl (C=O) groups is 1. The molecule has 106 valence electrons. The number of hydrogen-bond acceptors (Lipinski definition) is 4. The third-order valence-corrected chi connectivity index (χ3v) is 3.54. The molecule has 18 heavy (non-hydrogen) atoms. The fourth-order valence-electron chi connectivity index (χ4n) is 2.63. The van der Waals surface area contributed by atoms with Crippen LogP contribution in [0.2, 0.25) is 0 Å². The van der Waals surface area contributed by atoms with Gasteiger partial charge >= 0.3 is 0 Å². The zero-order chi connectivity index (χ0) is 13.4. The maximum absolute atomic E-state index is 11.7. The van der Waals surface area contributed by atoms with Crippen molar-refractivity contribution >= 4 is 5.91 Å². The van der Waals surface area contributed by atoms with Crippen LogP contribution in [0.4, 0.5) is 0 Å². The second-order valence-corrected chi connectivity index (χ2v) is 4.91. The number of nitrogens with one attached hydrogen (secondary N) is 1. The lowest BCUT2D eigenvalue weighted by molar-refractivity contribution is -0.128.